The second-order valence-corrected chi connectivity index (χ2v) is 6.67. The van der Waals surface area contributed by atoms with Crippen LogP contribution in [0.1, 0.15) is 20.7 Å². The molecular formula is C24H19N3O5. The van der Waals surface area contributed by atoms with Crippen LogP contribution in [-0.2, 0) is 4.74 Å². The van der Waals surface area contributed by atoms with Gasteiger partial charge in [-0.25, -0.2) is 14.8 Å². The number of fused-ring (bicyclic) bond motifs is 1. The molecule has 2 aromatic carbocycles. The minimum absolute atomic E-state index is 0.0532. The van der Waals surface area contributed by atoms with Crippen molar-refractivity contribution in [3.05, 3.63) is 89.6 Å². The molecule has 0 spiro atoms. The van der Waals surface area contributed by atoms with Crippen molar-refractivity contribution in [1.29, 1.82) is 0 Å². The Bertz CT molecular complexity index is 1360. The average molecular weight is 429 g/mol. The van der Waals surface area contributed by atoms with Crippen molar-refractivity contribution in [2.75, 3.05) is 19.5 Å². The number of rotatable bonds is 5. The van der Waals surface area contributed by atoms with Gasteiger partial charge in [-0.05, 0) is 42.5 Å². The lowest BCUT2D eigenvalue weighted by Gasteiger charge is -2.08. The first-order valence-corrected chi connectivity index (χ1v) is 9.65. The lowest BCUT2D eigenvalue weighted by Crippen LogP contribution is -2.22. The molecule has 4 rings (SSSR count). The molecule has 0 unspecified atom stereocenters. The SMILES string of the molecule is COC(=O)c1cccc(N=c2oc3c(OC)cccc3cc2C(=O)Nc2ccccn2)c1. The van der Waals surface area contributed by atoms with Gasteiger partial charge in [0.15, 0.2) is 11.3 Å². The highest BCUT2D eigenvalue weighted by atomic mass is 16.5. The van der Waals surface area contributed by atoms with E-state index >= 15 is 0 Å². The molecule has 0 saturated heterocycles. The number of carbonyl (C=O) groups excluding carboxylic acids is 2. The normalized spacial score (nSPS) is 11.2. The van der Waals surface area contributed by atoms with Crippen molar-refractivity contribution < 1.29 is 23.5 Å². The zero-order valence-electron chi connectivity index (χ0n) is 17.4. The molecule has 8 nitrogen and oxygen atoms in total. The number of benzene rings is 2. The quantitative estimate of drug-likeness (QED) is 0.479. The number of carbonyl (C=O) groups is 2. The summed E-state index contributed by atoms with van der Waals surface area (Å²) in [5.41, 5.74) is 1.42. The van der Waals surface area contributed by atoms with Crippen molar-refractivity contribution in [1.82, 2.24) is 4.98 Å². The molecule has 0 aliphatic carbocycles. The van der Waals surface area contributed by atoms with Crippen molar-refractivity contribution in [2.45, 2.75) is 0 Å². The van der Waals surface area contributed by atoms with Gasteiger partial charge >= 0.3 is 5.97 Å². The Morgan fingerprint density at radius 3 is 2.59 bits per heavy atom. The number of pyridine rings is 1. The van der Waals surface area contributed by atoms with Crippen LogP contribution in [-0.4, -0.2) is 31.1 Å². The summed E-state index contributed by atoms with van der Waals surface area (Å²) in [7, 11) is 2.83. The molecule has 2 aromatic heterocycles. The van der Waals surface area contributed by atoms with Gasteiger partial charge in [0.2, 0.25) is 5.55 Å². The Morgan fingerprint density at radius 1 is 1.00 bits per heavy atom. The molecule has 4 aromatic rings. The summed E-state index contributed by atoms with van der Waals surface area (Å²) in [6, 6.07) is 18.7. The zero-order chi connectivity index (χ0) is 22.5. The maximum atomic E-state index is 13.1. The van der Waals surface area contributed by atoms with Crippen LogP contribution in [0.5, 0.6) is 5.75 Å². The molecule has 2 heterocycles. The summed E-state index contributed by atoms with van der Waals surface area (Å²) < 4.78 is 16.2. The van der Waals surface area contributed by atoms with E-state index in [1.165, 1.54) is 14.2 Å². The Morgan fingerprint density at radius 2 is 1.84 bits per heavy atom. The largest absolute Gasteiger partial charge is 0.493 e. The topological polar surface area (TPSA) is 103 Å². The Labute approximate surface area is 183 Å². The standard InChI is InChI=1S/C24H19N3O5/c1-30-19-10-6-7-15-14-18(22(28)27-20-11-3-4-12-25-20)23(32-21(15)19)26-17-9-5-8-16(13-17)24(29)31-2/h3-14H,1-2H3,(H,25,27,28). The molecule has 0 aliphatic heterocycles. The van der Waals surface area contributed by atoms with Crippen LogP contribution in [0.15, 0.2) is 82.3 Å². The molecule has 0 fully saturated rings. The van der Waals surface area contributed by atoms with E-state index in [0.29, 0.717) is 33.8 Å². The fourth-order valence-electron chi connectivity index (χ4n) is 3.09. The first-order chi connectivity index (χ1) is 15.6. The van der Waals surface area contributed by atoms with E-state index in [0.717, 1.165) is 0 Å². The van der Waals surface area contributed by atoms with E-state index in [1.54, 1.807) is 72.9 Å². The van der Waals surface area contributed by atoms with Gasteiger partial charge < -0.3 is 19.2 Å². The summed E-state index contributed by atoms with van der Waals surface area (Å²) in [5, 5.41) is 3.41. The van der Waals surface area contributed by atoms with E-state index < -0.39 is 11.9 Å². The van der Waals surface area contributed by atoms with Crippen LogP contribution in [0.2, 0.25) is 0 Å². The first kappa shape index (κ1) is 20.8. The van der Waals surface area contributed by atoms with Crippen LogP contribution in [0.25, 0.3) is 11.0 Å². The number of amides is 1. The molecule has 0 saturated carbocycles. The second-order valence-electron chi connectivity index (χ2n) is 6.67. The van der Waals surface area contributed by atoms with Crippen LogP contribution in [0, 0.1) is 0 Å². The van der Waals surface area contributed by atoms with Gasteiger partial charge in [0.05, 0.1) is 25.5 Å². The molecule has 32 heavy (non-hydrogen) atoms. The third-order valence-electron chi connectivity index (χ3n) is 4.61. The minimum atomic E-state index is -0.493. The van der Waals surface area contributed by atoms with Crippen LogP contribution >= 0.6 is 0 Å². The molecule has 0 atom stereocenters. The zero-order valence-corrected chi connectivity index (χ0v) is 17.4. The smallest absolute Gasteiger partial charge is 0.337 e. The van der Waals surface area contributed by atoms with Crippen molar-refractivity contribution in [3.8, 4) is 5.75 Å². The Balaban J connectivity index is 1.89. The second kappa shape index (κ2) is 9.13. The number of nitrogens with one attached hydrogen (secondary N) is 1. The molecule has 1 amide bonds. The van der Waals surface area contributed by atoms with Crippen LogP contribution in [0.4, 0.5) is 11.5 Å². The third kappa shape index (κ3) is 4.34. The van der Waals surface area contributed by atoms with Gasteiger partial charge in [-0.3, -0.25) is 4.79 Å². The number of methoxy groups -OCH3 is 2. The number of aromatic nitrogens is 1. The van der Waals surface area contributed by atoms with Gasteiger partial charge in [0.1, 0.15) is 11.4 Å². The van der Waals surface area contributed by atoms with E-state index in [2.05, 4.69) is 15.3 Å². The fraction of sp³-hybridized carbons (Fsp3) is 0.0833. The average Bonchev–Trinajstić information content (AvgIpc) is 2.83. The molecule has 1 N–H and O–H groups in total. The fourth-order valence-corrected chi connectivity index (χ4v) is 3.09. The van der Waals surface area contributed by atoms with E-state index in [4.69, 9.17) is 13.9 Å². The lowest BCUT2D eigenvalue weighted by molar-refractivity contribution is 0.0600. The van der Waals surface area contributed by atoms with E-state index in [9.17, 15) is 9.59 Å². The van der Waals surface area contributed by atoms with Gasteiger partial charge in [0, 0.05) is 11.6 Å². The predicted octanol–water partition coefficient (Wildman–Crippen LogP) is 4.11. The highest BCUT2D eigenvalue weighted by Crippen LogP contribution is 2.25. The molecule has 0 radical (unpaired) electrons. The molecular weight excluding hydrogens is 410 g/mol. The highest BCUT2D eigenvalue weighted by Gasteiger charge is 2.16. The summed E-state index contributed by atoms with van der Waals surface area (Å²) in [6.45, 7) is 0. The highest BCUT2D eigenvalue weighted by molar-refractivity contribution is 6.05. The number of nitrogens with zero attached hydrogens (tertiary/aromatic N) is 2. The van der Waals surface area contributed by atoms with Crippen molar-refractivity contribution >= 4 is 34.4 Å². The Kier molecular flexibility index (Phi) is 5.94. The van der Waals surface area contributed by atoms with Gasteiger partial charge in [-0.2, -0.15) is 0 Å². The Hall–Kier alpha value is -4.46. The van der Waals surface area contributed by atoms with Crippen LogP contribution < -0.4 is 15.6 Å². The first-order valence-electron chi connectivity index (χ1n) is 9.65. The summed E-state index contributed by atoms with van der Waals surface area (Å²) in [5.74, 6) is -0.0480. The summed E-state index contributed by atoms with van der Waals surface area (Å²) in [6.07, 6.45) is 1.58. The van der Waals surface area contributed by atoms with Gasteiger partial charge in [0.25, 0.3) is 5.91 Å². The molecule has 8 heteroatoms. The number of ether oxygens (including phenoxy) is 2. The molecule has 0 bridgehead atoms. The minimum Gasteiger partial charge on any atom is -0.493 e. The van der Waals surface area contributed by atoms with Gasteiger partial charge in [-0.15, -0.1) is 0 Å². The molecule has 160 valence electrons. The number of hydrogen-bond donors (Lipinski definition) is 1. The van der Waals surface area contributed by atoms with Crippen molar-refractivity contribution in [2.24, 2.45) is 4.99 Å². The third-order valence-corrected chi connectivity index (χ3v) is 4.61. The van der Waals surface area contributed by atoms with E-state index in [1.807, 2.05) is 0 Å². The maximum absolute atomic E-state index is 13.1. The summed E-state index contributed by atoms with van der Waals surface area (Å²) in [4.78, 5) is 33.6. The summed E-state index contributed by atoms with van der Waals surface area (Å²) >= 11 is 0. The van der Waals surface area contributed by atoms with Gasteiger partial charge in [-0.1, -0.05) is 24.3 Å². The molecule has 0 aliphatic rings. The maximum Gasteiger partial charge on any atom is 0.337 e. The predicted molar refractivity (Wildman–Crippen MR) is 118 cm³/mol. The van der Waals surface area contributed by atoms with E-state index in [-0.39, 0.29) is 11.1 Å². The number of anilines is 1. The number of esters is 1. The lowest BCUT2D eigenvalue weighted by atomic mass is 10.1. The van der Waals surface area contributed by atoms with Crippen LogP contribution in [0.3, 0.4) is 0 Å². The number of para-hydroxylation sites is 1. The van der Waals surface area contributed by atoms with Crippen molar-refractivity contribution in [3.63, 3.8) is 0 Å². The monoisotopic (exact) mass is 429 g/mol. The number of hydrogen-bond acceptors (Lipinski definition) is 7.